The van der Waals surface area contributed by atoms with Gasteiger partial charge in [-0.1, -0.05) is 19.3 Å². The molecule has 0 radical (unpaired) electrons. The molecule has 0 amide bonds. The van der Waals surface area contributed by atoms with Gasteiger partial charge in [-0.2, -0.15) is 0 Å². The van der Waals surface area contributed by atoms with Crippen molar-refractivity contribution in [2.24, 2.45) is 0 Å². The SMILES string of the molecule is CN1CCCC(N(C)CCNC2CCCCC2)C1. The van der Waals surface area contributed by atoms with Crippen LogP contribution < -0.4 is 5.32 Å². The predicted molar refractivity (Wildman–Crippen MR) is 78.0 cm³/mol. The van der Waals surface area contributed by atoms with E-state index < -0.39 is 0 Å². The lowest BCUT2D eigenvalue weighted by Crippen LogP contribution is -2.47. The summed E-state index contributed by atoms with van der Waals surface area (Å²) in [7, 11) is 4.55. The van der Waals surface area contributed by atoms with E-state index >= 15 is 0 Å². The molecule has 18 heavy (non-hydrogen) atoms. The number of piperidine rings is 1. The summed E-state index contributed by atoms with van der Waals surface area (Å²) in [4.78, 5) is 5.03. The summed E-state index contributed by atoms with van der Waals surface area (Å²) in [6, 6.07) is 1.58. The minimum Gasteiger partial charge on any atom is -0.313 e. The molecule has 3 heteroatoms. The molecule has 0 aromatic heterocycles. The Balaban J connectivity index is 1.60. The molecule has 0 aromatic carbocycles. The highest BCUT2D eigenvalue weighted by Crippen LogP contribution is 2.17. The Bertz CT molecular complexity index is 226. The van der Waals surface area contributed by atoms with Crippen LogP contribution in [-0.2, 0) is 0 Å². The molecule has 2 rings (SSSR count). The van der Waals surface area contributed by atoms with E-state index in [1.165, 1.54) is 71.1 Å². The number of likely N-dealkylation sites (N-methyl/N-ethyl adjacent to an activating group) is 2. The van der Waals surface area contributed by atoms with Crippen LogP contribution in [0.5, 0.6) is 0 Å². The first-order valence-electron chi connectivity index (χ1n) is 7.88. The number of hydrogen-bond acceptors (Lipinski definition) is 3. The number of likely N-dealkylation sites (tertiary alicyclic amines) is 1. The largest absolute Gasteiger partial charge is 0.313 e. The van der Waals surface area contributed by atoms with Crippen molar-refractivity contribution in [2.75, 3.05) is 40.3 Å². The van der Waals surface area contributed by atoms with Crippen molar-refractivity contribution in [1.82, 2.24) is 15.1 Å². The van der Waals surface area contributed by atoms with Crippen molar-refractivity contribution >= 4 is 0 Å². The Labute approximate surface area is 113 Å². The lowest BCUT2D eigenvalue weighted by molar-refractivity contribution is 0.133. The fourth-order valence-electron chi connectivity index (χ4n) is 3.43. The zero-order valence-electron chi connectivity index (χ0n) is 12.3. The van der Waals surface area contributed by atoms with Gasteiger partial charge in [-0.15, -0.1) is 0 Å². The molecule has 1 saturated carbocycles. The van der Waals surface area contributed by atoms with Gasteiger partial charge in [0.2, 0.25) is 0 Å². The van der Waals surface area contributed by atoms with E-state index in [1.54, 1.807) is 0 Å². The van der Waals surface area contributed by atoms with E-state index in [0.29, 0.717) is 0 Å². The first kappa shape index (κ1) is 14.3. The van der Waals surface area contributed by atoms with Gasteiger partial charge in [0.1, 0.15) is 0 Å². The van der Waals surface area contributed by atoms with Crippen molar-refractivity contribution in [3.63, 3.8) is 0 Å². The van der Waals surface area contributed by atoms with Gasteiger partial charge in [0.25, 0.3) is 0 Å². The number of rotatable bonds is 5. The number of nitrogens with one attached hydrogen (secondary N) is 1. The Hall–Kier alpha value is -0.120. The second-order valence-electron chi connectivity index (χ2n) is 6.33. The molecule has 0 aromatic rings. The number of hydrogen-bond donors (Lipinski definition) is 1. The van der Waals surface area contributed by atoms with E-state index in [2.05, 4.69) is 29.2 Å². The molecule has 1 unspecified atom stereocenters. The van der Waals surface area contributed by atoms with Crippen molar-refractivity contribution < 1.29 is 0 Å². The fourth-order valence-corrected chi connectivity index (χ4v) is 3.43. The van der Waals surface area contributed by atoms with Crippen LogP contribution >= 0.6 is 0 Å². The topological polar surface area (TPSA) is 18.5 Å². The maximum absolute atomic E-state index is 3.75. The van der Waals surface area contributed by atoms with Gasteiger partial charge >= 0.3 is 0 Å². The van der Waals surface area contributed by atoms with Gasteiger partial charge < -0.3 is 15.1 Å². The molecule has 0 bridgehead atoms. The summed E-state index contributed by atoms with van der Waals surface area (Å²) in [6.45, 7) is 4.90. The van der Waals surface area contributed by atoms with Gasteiger partial charge in [0, 0.05) is 31.7 Å². The first-order valence-corrected chi connectivity index (χ1v) is 7.88. The van der Waals surface area contributed by atoms with E-state index in [-0.39, 0.29) is 0 Å². The van der Waals surface area contributed by atoms with E-state index in [1.807, 2.05) is 0 Å². The van der Waals surface area contributed by atoms with E-state index in [9.17, 15) is 0 Å². The molecule has 1 N–H and O–H groups in total. The summed E-state index contributed by atoms with van der Waals surface area (Å²) in [6.07, 6.45) is 9.85. The first-order chi connectivity index (χ1) is 8.75. The van der Waals surface area contributed by atoms with Crippen LogP contribution in [0.4, 0.5) is 0 Å². The highest BCUT2D eigenvalue weighted by molar-refractivity contribution is 4.79. The monoisotopic (exact) mass is 253 g/mol. The fraction of sp³-hybridized carbons (Fsp3) is 1.00. The van der Waals surface area contributed by atoms with Crippen LogP contribution in [0.3, 0.4) is 0 Å². The second kappa shape index (κ2) is 7.46. The molecule has 1 heterocycles. The summed E-state index contributed by atoms with van der Waals surface area (Å²) < 4.78 is 0. The highest BCUT2D eigenvalue weighted by atomic mass is 15.2. The molecular weight excluding hydrogens is 222 g/mol. The molecule has 2 fully saturated rings. The van der Waals surface area contributed by atoms with Gasteiger partial charge in [0.15, 0.2) is 0 Å². The minimum atomic E-state index is 0.775. The lowest BCUT2D eigenvalue weighted by atomic mass is 9.95. The van der Waals surface area contributed by atoms with Gasteiger partial charge in [0.05, 0.1) is 0 Å². The quantitative estimate of drug-likeness (QED) is 0.808. The molecule has 3 nitrogen and oxygen atoms in total. The van der Waals surface area contributed by atoms with E-state index in [4.69, 9.17) is 0 Å². The third-order valence-electron chi connectivity index (χ3n) is 4.73. The number of nitrogens with zero attached hydrogens (tertiary/aromatic N) is 2. The maximum atomic E-state index is 3.75. The minimum absolute atomic E-state index is 0.775. The van der Waals surface area contributed by atoms with Gasteiger partial charge in [-0.25, -0.2) is 0 Å². The van der Waals surface area contributed by atoms with Crippen LogP contribution in [-0.4, -0.2) is 62.2 Å². The molecule has 0 spiro atoms. The average molecular weight is 253 g/mol. The van der Waals surface area contributed by atoms with Crippen LogP contribution in [0.1, 0.15) is 44.9 Å². The highest BCUT2D eigenvalue weighted by Gasteiger charge is 2.21. The summed E-state index contributed by atoms with van der Waals surface area (Å²) in [5.74, 6) is 0. The summed E-state index contributed by atoms with van der Waals surface area (Å²) in [5, 5.41) is 3.75. The molecule has 1 aliphatic heterocycles. The van der Waals surface area contributed by atoms with Crippen LogP contribution in [0.2, 0.25) is 0 Å². The summed E-state index contributed by atoms with van der Waals surface area (Å²) in [5.41, 5.74) is 0. The molecular formula is C15H31N3. The predicted octanol–water partition coefficient (Wildman–Crippen LogP) is 1.93. The smallest absolute Gasteiger partial charge is 0.0221 e. The Morgan fingerprint density at radius 1 is 1.11 bits per heavy atom. The van der Waals surface area contributed by atoms with Crippen molar-refractivity contribution in [2.45, 2.75) is 57.0 Å². The average Bonchev–Trinajstić information content (AvgIpc) is 2.40. The maximum Gasteiger partial charge on any atom is 0.0221 e. The zero-order chi connectivity index (χ0) is 12.8. The molecule has 1 saturated heterocycles. The molecule has 1 aliphatic carbocycles. The standard InChI is InChI=1S/C15H31N3/c1-17-11-6-9-15(13-17)18(2)12-10-16-14-7-4-3-5-8-14/h14-16H,3-13H2,1-2H3. The van der Waals surface area contributed by atoms with Crippen molar-refractivity contribution in [1.29, 1.82) is 0 Å². The molecule has 1 atom stereocenters. The van der Waals surface area contributed by atoms with Crippen LogP contribution in [0.15, 0.2) is 0 Å². The van der Waals surface area contributed by atoms with Gasteiger partial charge in [-0.3, -0.25) is 0 Å². The second-order valence-corrected chi connectivity index (χ2v) is 6.33. The Kier molecular flexibility index (Phi) is 5.93. The van der Waals surface area contributed by atoms with Crippen molar-refractivity contribution in [3.8, 4) is 0 Å². The third-order valence-corrected chi connectivity index (χ3v) is 4.73. The Morgan fingerprint density at radius 3 is 2.61 bits per heavy atom. The molecule has 2 aliphatic rings. The normalized spacial score (nSPS) is 27.8. The van der Waals surface area contributed by atoms with Crippen molar-refractivity contribution in [3.05, 3.63) is 0 Å². The molecule has 106 valence electrons. The third kappa shape index (κ3) is 4.52. The van der Waals surface area contributed by atoms with Gasteiger partial charge in [-0.05, 0) is 46.3 Å². The van der Waals surface area contributed by atoms with E-state index in [0.717, 1.165) is 12.1 Å². The van der Waals surface area contributed by atoms with Crippen LogP contribution in [0, 0.1) is 0 Å². The zero-order valence-corrected chi connectivity index (χ0v) is 12.3. The Morgan fingerprint density at radius 2 is 1.89 bits per heavy atom. The lowest BCUT2D eigenvalue weighted by Gasteiger charge is -2.36. The van der Waals surface area contributed by atoms with Crippen LogP contribution in [0.25, 0.3) is 0 Å². The summed E-state index contributed by atoms with van der Waals surface area (Å²) >= 11 is 0.